The summed E-state index contributed by atoms with van der Waals surface area (Å²) in [5.74, 6) is -1.44. The van der Waals surface area contributed by atoms with Crippen molar-refractivity contribution in [1.82, 2.24) is 9.55 Å². The van der Waals surface area contributed by atoms with Crippen molar-refractivity contribution in [3.05, 3.63) is 34.4 Å². The number of carbonyl (C=O) groups excluding carboxylic acids is 2. The monoisotopic (exact) mass is 289 g/mol. The van der Waals surface area contributed by atoms with Gasteiger partial charge in [0.2, 0.25) is 0 Å². The Morgan fingerprint density at radius 2 is 2.29 bits per heavy atom. The fourth-order valence-electron chi connectivity index (χ4n) is 2.47. The van der Waals surface area contributed by atoms with Gasteiger partial charge in [-0.05, 0) is 25.5 Å². The van der Waals surface area contributed by atoms with E-state index >= 15 is 0 Å². The highest BCUT2D eigenvalue weighted by atomic mass is 16.2. The van der Waals surface area contributed by atoms with E-state index in [4.69, 9.17) is 11.2 Å². The van der Waals surface area contributed by atoms with E-state index in [9.17, 15) is 14.4 Å². The lowest BCUT2D eigenvalue weighted by Crippen LogP contribution is -2.36. The smallest absolute Gasteiger partial charge is 0.264 e. The maximum atomic E-state index is 12.9. The van der Waals surface area contributed by atoms with Crippen molar-refractivity contribution in [2.45, 2.75) is 32.2 Å². The predicted molar refractivity (Wildman–Crippen MR) is 78.1 cm³/mol. The lowest BCUT2D eigenvalue weighted by atomic mass is 9.92. The summed E-state index contributed by atoms with van der Waals surface area (Å²) in [5, 5.41) is 0.0125. The highest BCUT2D eigenvalue weighted by molar-refractivity contribution is 6.03. The molecule has 0 spiro atoms. The van der Waals surface area contributed by atoms with Crippen LogP contribution >= 0.6 is 0 Å². The summed E-state index contributed by atoms with van der Waals surface area (Å²) in [6, 6.07) is 1.46. The third-order valence-corrected chi connectivity index (χ3v) is 3.47. The van der Waals surface area contributed by atoms with Crippen LogP contribution < -0.4 is 11.3 Å². The molecule has 0 radical (unpaired) electrons. The summed E-state index contributed by atoms with van der Waals surface area (Å²) in [6.45, 7) is -0.423. The van der Waals surface area contributed by atoms with Crippen LogP contribution in [0.3, 0.4) is 0 Å². The predicted octanol–water partition coefficient (Wildman–Crippen LogP) is 1.15. The van der Waals surface area contributed by atoms with Gasteiger partial charge in [0.1, 0.15) is 11.6 Å². The molecule has 6 nitrogen and oxygen atoms in total. The van der Waals surface area contributed by atoms with Crippen molar-refractivity contribution in [2.24, 2.45) is 0 Å². The van der Waals surface area contributed by atoms with E-state index in [-0.39, 0.29) is 28.5 Å². The molecule has 6 heteroatoms. The molecule has 0 saturated heterocycles. The van der Waals surface area contributed by atoms with Crippen molar-refractivity contribution in [1.29, 1.82) is 0 Å². The van der Waals surface area contributed by atoms with Crippen molar-refractivity contribution in [3.8, 4) is 0 Å². The molecule has 1 heterocycles. The minimum absolute atomic E-state index is 0.0125. The molecule has 1 fully saturated rings. The maximum Gasteiger partial charge on any atom is 0.264 e. The topological polar surface area (TPSA) is 95.0 Å². The van der Waals surface area contributed by atoms with Crippen LogP contribution in [0, 0.1) is 6.90 Å². The van der Waals surface area contributed by atoms with Gasteiger partial charge in [0, 0.05) is 16.2 Å². The number of fused-ring (bicyclic) bond motifs is 1. The summed E-state index contributed by atoms with van der Waals surface area (Å²) in [6.07, 6.45) is -3.33. The number of rotatable bonds is 1. The van der Waals surface area contributed by atoms with Crippen LogP contribution in [0.5, 0.6) is 0 Å². The number of Topliss-reactive ketones (excluding diaryl/α,β-unsaturated/α-hetero) is 2. The lowest BCUT2D eigenvalue weighted by Gasteiger charge is -2.24. The van der Waals surface area contributed by atoms with Crippen molar-refractivity contribution in [2.75, 3.05) is 5.73 Å². The van der Waals surface area contributed by atoms with Crippen LogP contribution in [-0.2, 0) is 9.59 Å². The van der Waals surface area contributed by atoms with Crippen LogP contribution in [0.4, 0.5) is 5.69 Å². The normalized spacial score (nSPS) is 24.3. The Kier molecular flexibility index (Phi) is 2.16. The first-order chi connectivity index (χ1) is 11.7. The quantitative estimate of drug-likeness (QED) is 0.627. The van der Waals surface area contributed by atoms with Gasteiger partial charge in [0.05, 0.1) is 24.7 Å². The highest BCUT2D eigenvalue weighted by Gasteiger charge is 2.30. The standard InChI is InChI=1S/C15H15N3O3/c1-8-17-11-4-2-3-10(16)14(11)15(21)18(8)12-6-5-9(19)7-13(12)20/h2-4,12H,5-7,16H2,1H3/i1D,2D,5D2. The second kappa shape index (κ2) is 4.80. The maximum absolute atomic E-state index is 12.9. The molecule has 1 aliphatic carbocycles. The van der Waals surface area contributed by atoms with Gasteiger partial charge < -0.3 is 5.73 Å². The second-order valence-corrected chi connectivity index (χ2v) is 4.84. The first kappa shape index (κ1) is 9.44. The van der Waals surface area contributed by atoms with Crippen LogP contribution in [0.1, 0.15) is 36.6 Å². The average molecular weight is 289 g/mol. The summed E-state index contributed by atoms with van der Waals surface area (Å²) in [4.78, 5) is 41.0. The summed E-state index contributed by atoms with van der Waals surface area (Å²) >= 11 is 0. The average Bonchev–Trinajstić information content (AvgIpc) is 2.50. The molecule has 0 amide bonds. The molecule has 1 aliphatic rings. The molecule has 2 N–H and O–H groups in total. The van der Waals surface area contributed by atoms with E-state index in [0.29, 0.717) is 0 Å². The van der Waals surface area contributed by atoms with Crippen LogP contribution in [0.15, 0.2) is 23.0 Å². The van der Waals surface area contributed by atoms with Gasteiger partial charge in [-0.2, -0.15) is 0 Å². The molecular formula is C15H15N3O3. The Hall–Kier alpha value is -2.50. The molecule has 3 rings (SSSR count). The van der Waals surface area contributed by atoms with Gasteiger partial charge in [0.25, 0.3) is 5.56 Å². The number of nitrogen functional groups attached to an aromatic ring is 1. The molecule has 1 unspecified atom stereocenters. The van der Waals surface area contributed by atoms with E-state index < -0.39 is 49.3 Å². The Balaban J connectivity index is 2.29. The first-order valence-electron chi connectivity index (χ1n) is 8.53. The van der Waals surface area contributed by atoms with Crippen molar-refractivity contribution >= 4 is 28.2 Å². The number of anilines is 1. The fraction of sp³-hybridized carbons (Fsp3) is 0.333. The number of nitrogens with zero attached hydrogens (tertiary/aromatic N) is 2. The van der Waals surface area contributed by atoms with E-state index in [1.807, 2.05) is 0 Å². The van der Waals surface area contributed by atoms with Crippen molar-refractivity contribution < 1.29 is 15.1 Å². The number of benzene rings is 1. The number of nitrogens with two attached hydrogens (primary N) is 1. The zero-order valence-electron chi connectivity index (χ0n) is 15.0. The molecule has 108 valence electrons. The Bertz CT molecular complexity index is 971. The van der Waals surface area contributed by atoms with E-state index in [0.717, 1.165) is 4.57 Å². The van der Waals surface area contributed by atoms with Gasteiger partial charge in [-0.3, -0.25) is 19.0 Å². The Morgan fingerprint density at radius 3 is 3.05 bits per heavy atom. The molecule has 21 heavy (non-hydrogen) atoms. The highest BCUT2D eigenvalue weighted by Crippen LogP contribution is 2.24. The summed E-state index contributed by atoms with van der Waals surface area (Å²) in [7, 11) is 0. The minimum Gasteiger partial charge on any atom is -0.398 e. The number of carbonyl (C=O) groups is 2. The molecule has 1 aromatic carbocycles. The largest absolute Gasteiger partial charge is 0.398 e. The molecule has 1 atom stereocenters. The second-order valence-electron chi connectivity index (χ2n) is 4.84. The Labute approximate surface area is 126 Å². The van der Waals surface area contributed by atoms with Crippen LogP contribution in [0.2, 0.25) is 0 Å². The third kappa shape index (κ3) is 2.12. The van der Waals surface area contributed by atoms with Crippen LogP contribution in [-0.4, -0.2) is 21.1 Å². The molecule has 1 saturated carbocycles. The fourth-order valence-corrected chi connectivity index (χ4v) is 2.47. The van der Waals surface area contributed by atoms with Crippen LogP contribution in [0.25, 0.3) is 10.9 Å². The van der Waals surface area contributed by atoms with Crippen molar-refractivity contribution in [3.63, 3.8) is 0 Å². The summed E-state index contributed by atoms with van der Waals surface area (Å²) < 4.78 is 31.8. The number of aryl methyl sites for hydroxylation is 1. The number of aromatic nitrogens is 2. The number of hydrogen-bond acceptors (Lipinski definition) is 5. The van der Waals surface area contributed by atoms with Gasteiger partial charge in [-0.25, -0.2) is 4.98 Å². The Morgan fingerprint density at radius 1 is 1.48 bits per heavy atom. The van der Waals surface area contributed by atoms with E-state index in [1.54, 1.807) is 0 Å². The number of ketones is 2. The van der Waals surface area contributed by atoms with E-state index in [1.165, 1.54) is 12.1 Å². The van der Waals surface area contributed by atoms with Gasteiger partial charge >= 0.3 is 0 Å². The summed E-state index contributed by atoms with van der Waals surface area (Å²) in [5.41, 5.74) is 5.32. The molecule has 1 aromatic heterocycles. The third-order valence-electron chi connectivity index (χ3n) is 3.47. The van der Waals surface area contributed by atoms with E-state index in [2.05, 4.69) is 4.98 Å². The van der Waals surface area contributed by atoms with Gasteiger partial charge in [-0.1, -0.05) is 6.04 Å². The van der Waals surface area contributed by atoms with Gasteiger partial charge in [-0.15, -0.1) is 0 Å². The SMILES string of the molecule is [2H]Cc1nc2cc([2H])cc(N)c2c(=O)n1C1CC([2H])([2H])C(=O)CC1=O. The number of hydrogen-bond donors (Lipinski definition) is 1. The zero-order valence-corrected chi connectivity index (χ0v) is 11.0. The molecule has 2 aromatic rings. The minimum atomic E-state index is -2.23. The van der Waals surface area contributed by atoms with Gasteiger partial charge in [0.15, 0.2) is 5.78 Å². The molecule has 0 aliphatic heterocycles. The zero-order chi connectivity index (χ0) is 18.5. The lowest BCUT2D eigenvalue weighted by molar-refractivity contribution is -0.132. The molecular weight excluding hydrogens is 270 g/mol. The molecule has 0 bridgehead atoms. The first-order valence-corrected chi connectivity index (χ1v) is 6.32.